The van der Waals surface area contributed by atoms with Gasteiger partial charge in [-0.25, -0.2) is 4.98 Å². The molecule has 1 aromatic heterocycles. The zero-order valence-corrected chi connectivity index (χ0v) is 19.3. The van der Waals surface area contributed by atoms with Crippen LogP contribution in [0.5, 0.6) is 17.2 Å². The van der Waals surface area contributed by atoms with E-state index in [0.29, 0.717) is 49.4 Å². The number of ether oxygens (including phenoxy) is 5. The number of nitrogens with zero attached hydrogens (tertiary/aromatic N) is 2. The van der Waals surface area contributed by atoms with E-state index >= 15 is 0 Å². The molecule has 4 heterocycles. The van der Waals surface area contributed by atoms with E-state index in [9.17, 15) is 4.79 Å². The summed E-state index contributed by atoms with van der Waals surface area (Å²) in [6, 6.07) is 15.1. The van der Waals surface area contributed by atoms with Crippen molar-refractivity contribution in [3.8, 4) is 17.2 Å². The van der Waals surface area contributed by atoms with Gasteiger partial charge in [0.05, 0.1) is 13.2 Å². The van der Waals surface area contributed by atoms with Gasteiger partial charge in [0.25, 0.3) is 5.91 Å². The summed E-state index contributed by atoms with van der Waals surface area (Å²) >= 11 is 0. The number of pyridine rings is 1. The number of carbonyl (C=O) groups excluding carboxylic acids is 1. The molecule has 2 aromatic carbocycles. The van der Waals surface area contributed by atoms with Crippen molar-refractivity contribution < 1.29 is 28.5 Å². The van der Waals surface area contributed by atoms with Gasteiger partial charge < -0.3 is 33.9 Å². The smallest absolute Gasteiger partial charge is 0.262 e. The molecule has 1 spiro atoms. The van der Waals surface area contributed by atoms with E-state index in [-0.39, 0.29) is 12.5 Å². The lowest BCUT2D eigenvalue weighted by Gasteiger charge is -2.38. The second kappa shape index (κ2) is 9.24. The van der Waals surface area contributed by atoms with Crippen molar-refractivity contribution in [3.05, 3.63) is 48.5 Å². The normalized spacial score (nSPS) is 18.6. The monoisotopic (exact) mass is 477 g/mol. The van der Waals surface area contributed by atoms with Gasteiger partial charge in [0, 0.05) is 43.1 Å². The van der Waals surface area contributed by atoms with Crippen molar-refractivity contribution in [1.82, 2.24) is 4.98 Å². The first-order valence-corrected chi connectivity index (χ1v) is 11.9. The molecule has 9 nitrogen and oxygen atoms in total. The standard InChI is InChI=1S/C26H27N3O6/c30-24(27-19-5-6-20-22(16-19)32-13-12-31-20)17-33-21-3-1-2-18-4-7-23(28-25(18)21)29-10-8-26(9-11-29)34-14-15-35-26/h1-7,16H,8-15,17H2,(H,27,30). The first kappa shape index (κ1) is 21.9. The molecule has 9 heteroatoms. The zero-order chi connectivity index (χ0) is 23.7. The zero-order valence-electron chi connectivity index (χ0n) is 19.3. The number of anilines is 2. The Morgan fingerprint density at radius 2 is 1.77 bits per heavy atom. The topological polar surface area (TPSA) is 91.4 Å². The molecule has 1 N–H and O–H groups in total. The third-order valence-electron chi connectivity index (χ3n) is 6.52. The third-order valence-corrected chi connectivity index (χ3v) is 6.52. The Morgan fingerprint density at radius 3 is 2.60 bits per heavy atom. The Balaban J connectivity index is 1.13. The van der Waals surface area contributed by atoms with Crippen LogP contribution in [0.25, 0.3) is 10.9 Å². The van der Waals surface area contributed by atoms with Crippen LogP contribution in [-0.2, 0) is 14.3 Å². The molecular formula is C26H27N3O6. The highest BCUT2D eigenvalue weighted by Crippen LogP contribution is 2.35. The van der Waals surface area contributed by atoms with Crippen molar-refractivity contribution in [2.45, 2.75) is 18.6 Å². The fourth-order valence-corrected chi connectivity index (χ4v) is 4.73. The predicted octanol–water partition coefficient (Wildman–Crippen LogP) is 3.37. The van der Waals surface area contributed by atoms with Crippen molar-refractivity contribution in [2.75, 3.05) is 56.3 Å². The molecule has 0 radical (unpaired) electrons. The van der Waals surface area contributed by atoms with E-state index in [4.69, 9.17) is 28.7 Å². The van der Waals surface area contributed by atoms with E-state index in [1.807, 2.05) is 30.3 Å². The Morgan fingerprint density at radius 1 is 0.971 bits per heavy atom. The highest BCUT2D eigenvalue weighted by molar-refractivity contribution is 5.93. The number of fused-ring (bicyclic) bond motifs is 2. The Kier molecular flexibility index (Phi) is 5.79. The molecule has 0 bridgehead atoms. The Hall–Kier alpha value is -3.56. The highest BCUT2D eigenvalue weighted by Gasteiger charge is 2.40. The van der Waals surface area contributed by atoms with Gasteiger partial charge in [0.2, 0.25) is 0 Å². The lowest BCUT2D eigenvalue weighted by Crippen LogP contribution is -2.45. The second-order valence-corrected chi connectivity index (χ2v) is 8.79. The molecule has 0 saturated carbocycles. The Labute approximate surface area is 202 Å². The van der Waals surface area contributed by atoms with Gasteiger partial charge in [-0.05, 0) is 30.3 Å². The van der Waals surface area contributed by atoms with Gasteiger partial charge in [-0.15, -0.1) is 0 Å². The summed E-state index contributed by atoms with van der Waals surface area (Å²) in [7, 11) is 0. The number of carbonyl (C=O) groups is 1. The fraction of sp³-hybridized carbons (Fsp3) is 0.385. The summed E-state index contributed by atoms with van der Waals surface area (Å²) in [5, 5.41) is 3.80. The fourth-order valence-electron chi connectivity index (χ4n) is 4.73. The molecule has 3 aliphatic heterocycles. The van der Waals surface area contributed by atoms with Gasteiger partial charge >= 0.3 is 0 Å². The summed E-state index contributed by atoms with van der Waals surface area (Å²) in [5.74, 6) is 2.05. The number of aromatic nitrogens is 1. The molecule has 3 aromatic rings. The molecule has 182 valence electrons. The summed E-state index contributed by atoms with van der Waals surface area (Å²) < 4.78 is 28.7. The van der Waals surface area contributed by atoms with E-state index < -0.39 is 5.79 Å². The molecule has 6 rings (SSSR count). The molecule has 2 saturated heterocycles. The average molecular weight is 478 g/mol. The summed E-state index contributed by atoms with van der Waals surface area (Å²) in [5.41, 5.74) is 1.35. The van der Waals surface area contributed by atoms with Crippen LogP contribution in [0.3, 0.4) is 0 Å². The summed E-state index contributed by atoms with van der Waals surface area (Å²) in [6.45, 7) is 3.81. The average Bonchev–Trinajstić information content (AvgIpc) is 3.35. The molecule has 2 fully saturated rings. The van der Waals surface area contributed by atoms with E-state index in [2.05, 4.69) is 10.2 Å². The van der Waals surface area contributed by atoms with E-state index in [0.717, 1.165) is 42.7 Å². The second-order valence-electron chi connectivity index (χ2n) is 8.79. The number of rotatable bonds is 5. The van der Waals surface area contributed by atoms with Crippen molar-refractivity contribution in [2.24, 2.45) is 0 Å². The van der Waals surface area contributed by atoms with Crippen LogP contribution >= 0.6 is 0 Å². The van der Waals surface area contributed by atoms with Crippen molar-refractivity contribution in [1.29, 1.82) is 0 Å². The first-order chi connectivity index (χ1) is 17.2. The maximum absolute atomic E-state index is 12.6. The minimum Gasteiger partial charge on any atom is -0.486 e. The van der Waals surface area contributed by atoms with Gasteiger partial charge in [-0.2, -0.15) is 0 Å². The van der Waals surface area contributed by atoms with E-state index in [1.165, 1.54) is 0 Å². The van der Waals surface area contributed by atoms with Crippen LogP contribution in [0.2, 0.25) is 0 Å². The van der Waals surface area contributed by atoms with Gasteiger partial charge in [0.15, 0.2) is 23.9 Å². The maximum atomic E-state index is 12.6. The number of nitrogens with one attached hydrogen (secondary N) is 1. The molecule has 35 heavy (non-hydrogen) atoms. The lowest BCUT2D eigenvalue weighted by atomic mass is 10.0. The van der Waals surface area contributed by atoms with Crippen molar-refractivity contribution >= 4 is 28.3 Å². The number of benzene rings is 2. The van der Waals surface area contributed by atoms with Crippen LogP contribution in [0.1, 0.15) is 12.8 Å². The molecule has 0 aliphatic carbocycles. The molecular weight excluding hydrogens is 450 g/mol. The molecule has 1 amide bonds. The number of hydrogen-bond acceptors (Lipinski definition) is 8. The lowest BCUT2D eigenvalue weighted by molar-refractivity contribution is -0.169. The van der Waals surface area contributed by atoms with Gasteiger partial charge in [0.1, 0.15) is 30.3 Å². The number of hydrogen-bond donors (Lipinski definition) is 1. The van der Waals surface area contributed by atoms with Crippen LogP contribution < -0.4 is 24.4 Å². The summed E-state index contributed by atoms with van der Waals surface area (Å²) in [4.78, 5) is 19.7. The number of para-hydroxylation sites is 1. The molecule has 0 atom stereocenters. The van der Waals surface area contributed by atoms with Gasteiger partial charge in [-0.1, -0.05) is 12.1 Å². The SMILES string of the molecule is O=C(COc1cccc2ccc(N3CCC4(CC3)OCCO4)nc12)Nc1ccc2c(c1)OCCO2. The third kappa shape index (κ3) is 4.56. The number of piperidine rings is 1. The first-order valence-electron chi connectivity index (χ1n) is 11.9. The predicted molar refractivity (Wildman–Crippen MR) is 129 cm³/mol. The minimum atomic E-state index is -0.424. The largest absolute Gasteiger partial charge is 0.486 e. The molecule has 0 unspecified atom stereocenters. The van der Waals surface area contributed by atoms with Gasteiger partial charge in [-0.3, -0.25) is 4.79 Å². The summed E-state index contributed by atoms with van der Waals surface area (Å²) in [6.07, 6.45) is 1.62. The van der Waals surface area contributed by atoms with Crippen LogP contribution in [0.15, 0.2) is 48.5 Å². The van der Waals surface area contributed by atoms with Crippen LogP contribution in [-0.4, -0.2) is 62.8 Å². The van der Waals surface area contributed by atoms with Crippen LogP contribution in [0.4, 0.5) is 11.5 Å². The minimum absolute atomic E-state index is 0.139. The van der Waals surface area contributed by atoms with E-state index in [1.54, 1.807) is 18.2 Å². The van der Waals surface area contributed by atoms with Crippen LogP contribution in [0, 0.1) is 0 Å². The molecule has 3 aliphatic rings. The maximum Gasteiger partial charge on any atom is 0.262 e. The Bertz CT molecular complexity index is 1230. The number of amides is 1. The quantitative estimate of drug-likeness (QED) is 0.598. The highest BCUT2D eigenvalue weighted by atomic mass is 16.7. The van der Waals surface area contributed by atoms with Crippen molar-refractivity contribution in [3.63, 3.8) is 0 Å².